The molecule has 20 nitrogen and oxygen atoms in total. The fourth-order valence-electron chi connectivity index (χ4n) is 2.75. The topological polar surface area (TPSA) is 314 Å². The van der Waals surface area contributed by atoms with Crippen LogP contribution in [0.15, 0.2) is 66.4 Å². The molecule has 0 saturated heterocycles. The summed E-state index contributed by atoms with van der Waals surface area (Å²) >= 11 is 9.27. The van der Waals surface area contributed by atoms with E-state index in [-0.39, 0.29) is 49.1 Å². The average molecular weight is 677 g/mol. The molecule has 0 aliphatic rings. The zero-order valence-corrected chi connectivity index (χ0v) is 23.2. The molecule has 4 aromatic rings. The molecule has 0 fully saturated rings. The van der Waals surface area contributed by atoms with Gasteiger partial charge in [-0.3, -0.25) is 39.8 Å². The number of nitrogens with one attached hydrogen (secondary N) is 4. The van der Waals surface area contributed by atoms with Gasteiger partial charge >= 0.3 is 0 Å². The summed E-state index contributed by atoms with van der Waals surface area (Å²) < 4.78 is -0.177. The Bertz CT molecular complexity index is 1860. The summed E-state index contributed by atoms with van der Waals surface area (Å²) in [6.45, 7) is 0. The second-order valence-electron chi connectivity index (χ2n) is 7.47. The largest absolute Gasteiger partial charge is 0.505 e. The first kappa shape index (κ1) is 33.6. The van der Waals surface area contributed by atoms with Gasteiger partial charge in [0.2, 0.25) is 23.1 Å². The number of hydrogen-bond donors (Lipinski definition) is 8. The van der Waals surface area contributed by atoms with Crippen molar-refractivity contribution in [3.63, 3.8) is 0 Å². The minimum absolute atomic E-state index is 0. The second-order valence-corrected chi connectivity index (χ2v) is 8.29. The van der Waals surface area contributed by atoms with Gasteiger partial charge in [0.25, 0.3) is 22.5 Å². The van der Waals surface area contributed by atoms with Crippen LogP contribution in [0, 0.1) is 29.8 Å². The quantitative estimate of drug-likeness (QED) is 0.0612. The van der Waals surface area contributed by atoms with Crippen molar-refractivity contribution in [3.05, 3.63) is 86.9 Å². The summed E-state index contributed by atoms with van der Waals surface area (Å²) in [7, 11) is 0. The van der Waals surface area contributed by atoms with Crippen molar-refractivity contribution in [1.82, 2.24) is 19.9 Å². The first-order valence-electron chi connectivity index (χ1n) is 10.7. The number of nitro benzene ring substituents is 2. The molecule has 225 valence electrons. The maximum absolute atomic E-state index is 11.5. The van der Waals surface area contributed by atoms with Gasteiger partial charge in [0.15, 0.2) is 9.54 Å². The van der Waals surface area contributed by atoms with Gasteiger partial charge in [-0.25, -0.2) is 0 Å². The first-order chi connectivity index (χ1) is 19.8. The minimum atomic E-state index is -0.776. The van der Waals surface area contributed by atoms with Gasteiger partial charge in [0.1, 0.15) is 22.9 Å². The number of nitrogens with zero attached hydrogens (tertiary/aromatic N) is 6. The number of phenols is 2. The molecular formula is C20H14CoN10O10S2. The Morgan fingerprint density at radius 1 is 0.628 bits per heavy atom. The predicted molar refractivity (Wildman–Crippen MR) is 146 cm³/mol. The first-order valence-corrected chi connectivity index (χ1v) is 11.5. The maximum Gasteiger partial charge on any atom is 0.283 e. The molecule has 43 heavy (non-hydrogen) atoms. The number of aromatic amines is 4. The summed E-state index contributed by atoms with van der Waals surface area (Å²) in [5.41, 5.74) is -3.30. The van der Waals surface area contributed by atoms with Gasteiger partial charge in [-0.2, -0.15) is 0 Å². The fourth-order valence-corrected chi connectivity index (χ4v) is 3.13. The van der Waals surface area contributed by atoms with Gasteiger partial charge in [-0.05, 0) is 36.6 Å². The Morgan fingerprint density at radius 3 is 1.26 bits per heavy atom. The standard InChI is InChI=1S/2C10H7N5O5S.Co/c2*16-6-3-4(15(19)20)1-2-5(6)13-14-7-8(17)11-10(21)12-9(7)18;/h2*1-3,16H,(H3,11,12,17,18,21);. The number of aromatic hydroxyl groups is 4. The molecule has 0 saturated carbocycles. The number of benzene rings is 2. The molecule has 4 rings (SSSR count). The molecule has 0 aliphatic carbocycles. The zero-order valence-electron chi connectivity index (χ0n) is 20.5. The van der Waals surface area contributed by atoms with Crippen molar-refractivity contribution in [2.45, 2.75) is 0 Å². The van der Waals surface area contributed by atoms with E-state index in [4.69, 9.17) is 0 Å². The van der Waals surface area contributed by atoms with E-state index < -0.39 is 55.6 Å². The van der Waals surface area contributed by atoms with Gasteiger partial charge < -0.3 is 30.4 Å². The van der Waals surface area contributed by atoms with E-state index in [9.17, 15) is 50.2 Å². The number of hydrogen-bond acceptors (Lipinski definition) is 16. The third kappa shape index (κ3) is 8.66. The number of H-pyrrole nitrogens is 4. The van der Waals surface area contributed by atoms with Crippen LogP contribution in [0.5, 0.6) is 23.3 Å². The summed E-state index contributed by atoms with van der Waals surface area (Å²) in [4.78, 5) is 51.6. The van der Waals surface area contributed by atoms with E-state index in [1.807, 2.05) is 0 Å². The van der Waals surface area contributed by atoms with Crippen LogP contribution in [-0.2, 0) is 16.8 Å². The molecule has 8 N–H and O–H groups in total. The van der Waals surface area contributed by atoms with Crippen molar-refractivity contribution < 1.29 is 47.1 Å². The number of non-ortho nitro benzene ring substituents is 2. The molecule has 1 radical (unpaired) electrons. The Kier molecular flexibility index (Phi) is 11.2. The van der Waals surface area contributed by atoms with E-state index in [1.165, 1.54) is 0 Å². The Hall–Kier alpha value is -5.65. The van der Waals surface area contributed by atoms with Crippen LogP contribution in [-0.4, -0.2) is 50.2 Å². The molecule has 2 aromatic heterocycles. The summed E-state index contributed by atoms with van der Waals surface area (Å²) in [6, 6.07) is 6.28. The van der Waals surface area contributed by atoms with Crippen molar-refractivity contribution in [2.75, 3.05) is 0 Å². The third-order valence-corrected chi connectivity index (χ3v) is 5.06. The number of azo groups is 2. The van der Waals surface area contributed by atoms with Crippen molar-refractivity contribution >= 4 is 58.6 Å². The molecule has 0 aliphatic heterocycles. The fraction of sp³-hybridized carbons (Fsp3) is 0. The molecule has 23 heteroatoms. The number of nitro groups is 2. The summed E-state index contributed by atoms with van der Waals surface area (Å²) in [5, 5.41) is 73.2. The van der Waals surface area contributed by atoms with E-state index in [2.05, 4.69) is 64.8 Å². The van der Waals surface area contributed by atoms with Crippen LogP contribution in [0.4, 0.5) is 34.1 Å². The zero-order chi connectivity index (χ0) is 31.1. The molecule has 0 atom stereocenters. The smallest absolute Gasteiger partial charge is 0.283 e. The molecule has 0 bridgehead atoms. The van der Waals surface area contributed by atoms with Gasteiger partial charge in [-0.15, -0.1) is 20.5 Å². The van der Waals surface area contributed by atoms with Crippen molar-refractivity contribution in [1.29, 1.82) is 0 Å². The summed E-state index contributed by atoms with van der Waals surface area (Å²) in [5.74, 6) is -2.16. The van der Waals surface area contributed by atoms with Crippen LogP contribution in [0.1, 0.15) is 0 Å². The van der Waals surface area contributed by atoms with Crippen LogP contribution in [0.25, 0.3) is 0 Å². The Morgan fingerprint density at radius 2 is 0.977 bits per heavy atom. The van der Waals surface area contributed by atoms with Crippen LogP contribution < -0.4 is 11.1 Å². The average Bonchev–Trinajstić information content (AvgIpc) is 2.89. The molecule has 0 spiro atoms. The van der Waals surface area contributed by atoms with E-state index in [0.717, 1.165) is 36.4 Å². The summed E-state index contributed by atoms with van der Waals surface area (Å²) in [6.07, 6.45) is 0. The third-order valence-electron chi connectivity index (χ3n) is 4.65. The molecular weight excluding hydrogens is 663 g/mol. The van der Waals surface area contributed by atoms with Gasteiger partial charge in [0.05, 0.1) is 22.0 Å². The Labute approximate surface area is 255 Å². The predicted octanol–water partition coefficient (Wildman–Crippen LogP) is 4.33. The Balaban J connectivity index is 0.000000293. The van der Waals surface area contributed by atoms with Crippen LogP contribution in [0.2, 0.25) is 0 Å². The monoisotopic (exact) mass is 677 g/mol. The number of rotatable bonds is 6. The molecule has 2 heterocycles. The SMILES string of the molecule is O=c1[nH]c(=S)[nH]c(O)c1N=Nc1ccc([N+](=O)[O-])cc1O.O=c1[nH]c(=S)[nH]c(O)c1N=Nc1ccc([N+](=O)[O-])cc1O.[Co]. The van der Waals surface area contributed by atoms with Crippen molar-refractivity contribution in [3.8, 4) is 23.3 Å². The van der Waals surface area contributed by atoms with E-state index in [0.29, 0.717) is 0 Å². The number of phenolic OH excluding ortho intramolecular Hbond substituents is 2. The van der Waals surface area contributed by atoms with Gasteiger partial charge in [0, 0.05) is 28.9 Å². The molecule has 2 aromatic carbocycles. The normalized spacial score (nSPS) is 10.6. The minimum Gasteiger partial charge on any atom is -0.505 e. The second kappa shape index (κ2) is 14.3. The van der Waals surface area contributed by atoms with Crippen molar-refractivity contribution in [2.24, 2.45) is 20.5 Å². The van der Waals surface area contributed by atoms with E-state index >= 15 is 0 Å². The van der Waals surface area contributed by atoms with Gasteiger partial charge in [-0.1, -0.05) is 0 Å². The van der Waals surface area contributed by atoms with Crippen LogP contribution in [0.3, 0.4) is 0 Å². The molecule has 0 amide bonds. The molecule has 0 unspecified atom stereocenters. The van der Waals surface area contributed by atoms with E-state index in [1.54, 1.807) is 0 Å². The number of aromatic nitrogens is 4. The van der Waals surface area contributed by atoms with Crippen LogP contribution >= 0.6 is 24.4 Å². The maximum atomic E-state index is 11.5.